The van der Waals surface area contributed by atoms with Crippen LogP contribution in [0.1, 0.15) is 43.5 Å². The molecule has 0 spiro atoms. The average molecular weight is 433 g/mol. The molecule has 2 N–H and O–H groups in total. The molecule has 0 saturated carbocycles. The van der Waals surface area contributed by atoms with Gasteiger partial charge >= 0.3 is 0 Å². The van der Waals surface area contributed by atoms with Crippen molar-refractivity contribution in [2.75, 3.05) is 31.1 Å². The molecular formula is C26H32N4O2. The first-order valence-corrected chi connectivity index (χ1v) is 11.3. The normalized spacial score (nSPS) is 13.5. The molecule has 4 rings (SSSR count). The molecule has 0 radical (unpaired) electrons. The SMILES string of the molecule is CC(C)(c1ccc(OCCCN)cc1)c1ccc(OCc2ccnc(N3CCC3)n2)cc1. The van der Waals surface area contributed by atoms with Gasteiger partial charge in [-0.2, -0.15) is 0 Å². The van der Waals surface area contributed by atoms with Crippen molar-refractivity contribution in [3.05, 3.63) is 77.6 Å². The molecule has 168 valence electrons. The van der Waals surface area contributed by atoms with Crippen LogP contribution in [-0.4, -0.2) is 36.2 Å². The lowest BCUT2D eigenvalue weighted by atomic mass is 9.78. The van der Waals surface area contributed by atoms with Crippen LogP contribution in [0.2, 0.25) is 0 Å². The minimum Gasteiger partial charge on any atom is -0.494 e. The van der Waals surface area contributed by atoms with Crippen LogP contribution in [0, 0.1) is 0 Å². The van der Waals surface area contributed by atoms with Gasteiger partial charge in [-0.05, 0) is 60.8 Å². The van der Waals surface area contributed by atoms with Crippen LogP contribution in [0.25, 0.3) is 0 Å². The monoisotopic (exact) mass is 432 g/mol. The van der Waals surface area contributed by atoms with Crippen LogP contribution < -0.4 is 20.1 Å². The maximum atomic E-state index is 5.98. The molecule has 6 heteroatoms. The molecule has 1 saturated heterocycles. The molecule has 0 bridgehead atoms. The van der Waals surface area contributed by atoms with E-state index in [1.165, 1.54) is 17.5 Å². The fraction of sp³-hybridized carbons (Fsp3) is 0.385. The Bertz CT molecular complexity index is 999. The summed E-state index contributed by atoms with van der Waals surface area (Å²) in [5, 5.41) is 0. The first-order valence-electron chi connectivity index (χ1n) is 11.3. The topological polar surface area (TPSA) is 73.5 Å². The van der Waals surface area contributed by atoms with E-state index in [1.807, 2.05) is 30.3 Å². The zero-order chi connectivity index (χ0) is 22.4. The van der Waals surface area contributed by atoms with E-state index >= 15 is 0 Å². The zero-order valence-corrected chi connectivity index (χ0v) is 19.0. The maximum absolute atomic E-state index is 5.98. The molecule has 0 aliphatic carbocycles. The van der Waals surface area contributed by atoms with Crippen molar-refractivity contribution >= 4 is 5.95 Å². The van der Waals surface area contributed by atoms with Crippen LogP contribution in [0.15, 0.2) is 60.8 Å². The summed E-state index contributed by atoms with van der Waals surface area (Å²) in [7, 11) is 0. The highest BCUT2D eigenvalue weighted by molar-refractivity contribution is 5.42. The Kier molecular flexibility index (Phi) is 6.90. The molecule has 0 unspecified atom stereocenters. The zero-order valence-electron chi connectivity index (χ0n) is 19.0. The van der Waals surface area contributed by atoms with Crippen LogP contribution in [0.3, 0.4) is 0 Å². The van der Waals surface area contributed by atoms with Crippen molar-refractivity contribution in [3.8, 4) is 11.5 Å². The van der Waals surface area contributed by atoms with Gasteiger partial charge in [-0.3, -0.25) is 0 Å². The number of nitrogens with zero attached hydrogens (tertiary/aromatic N) is 3. The fourth-order valence-electron chi connectivity index (χ4n) is 3.67. The highest BCUT2D eigenvalue weighted by atomic mass is 16.5. The third-order valence-electron chi connectivity index (χ3n) is 6.00. The molecule has 0 atom stereocenters. The second kappa shape index (κ2) is 10.0. The number of rotatable bonds is 10. The molecular weight excluding hydrogens is 400 g/mol. The van der Waals surface area contributed by atoms with Crippen molar-refractivity contribution in [1.29, 1.82) is 0 Å². The van der Waals surface area contributed by atoms with Gasteiger partial charge in [0.15, 0.2) is 0 Å². The van der Waals surface area contributed by atoms with Crippen LogP contribution >= 0.6 is 0 Å². The van der Waals surface area contributed by atoms with Crippen LogP contribution in [0.5, 0.6) is 11.5 Å². The number of ether oxygens (including phenoxy) is 2. The Morgan fingerprint density at radius 3 is 2.09 bits per heavy atom. The molecule has 2 heterocycles. The largest absolute Gasteiger partial charge is 0.494 e. The average Bonchev–Trinajstić information content (AvgIpc) is 2.78. The number of hydrogen-bond acceptors (Lipinski definition) is 6. The van der Waals surface area contributed by atoms with E-state index in [9.17, 15) is 0 Å². The van der Waals surface area contributed by atoms with Gasteiger partial charge in [-0.15, -0.1) is 0 Å². The lowest BCUT2D eigenvalue weighted by Crippen LogP contribution is -2.38. The second-order valence-electron chi connectivity index (χ2n) is 8.64. The summed E-state index contributed by atoms with van der Waals surface area (Å²) >= 11 is 0. The highest BCUT2D eigenvalue weighted by Crippen LogP contribution is 2.33. The summed E-state index contributed by atoms with van der Waals surface area (Å²) in [6.45, 7) is 8.24. The van der Waals surface area contributed by atoms with Gasteiger partial charge in [-0.25, -0.2) is 9.97 Å². The minimum absolute atomic E-state index is 0.132. The van der Waals surface area contributed by atoms with Crippen LogP contribution in [-0.2, 0) is 12.0 Å². The van der Waals surface area contributed by atoms with Crippen molar-refractivity contribution < 1.29 is 9.47 Å². The van der Waals surface area contributed by atoms with Gasteiger partial charge in [0, 0.05) is 24.7 Å². The Hall–Kier alpha value is -3.12. The van der Waals surface area contributed by atoms with E-state index in [4.69, 9.17) is 15.2 Å². The van der Waals surface area contributed by atoms with Gasteiger partial charge in [0.25, 0.3) is 0 Å². The van der Waals surface area contributed by atoms with Crippen molar-refractivity contribution in [1.82, 2.24) is 9.97 Å². The molecule has 1 fully saturated rings. The van der Waals surface area contributed by atoms with E-state index in [-0.39, 0.29) is 5.41 Å². The molecule has 32 heavy (non-hydrogen) atoms. The lowest BCUT2D eigenvalue weighted by Gasteiger charge is -2.30. The summed E-state index contributed by atoms with van der Waals surface area (Å²) in [5.41, 5.74) is 8.74. The summed E-state index contributed by atoms with van der Waals surface area (Å²) in [5.74, 6) is 2.51. The third kappa shape index (κ3) is 5.19. The summed E-state index contributed by atoms with van der Waals surface area (Å²) in [4.78, 5) is 11.1. The quantitative estimate of drug-likeness (QED) is 0.481. The summed E-state index contributed by atoms with van der Waals surface area (Å²) in [6, 6.07) is 18.5. The first-order chi connectivity index (χ1) is 15.6. The molecule has 1 aliphatic heterocycles. The predicted octanol–water partition coefficient (Wildman–Crippen LogP) is 4.32. The fourth-order valence-corrected chi connectivity index (χ4v) is 3.67. The van der Waals surface area contributed by atoms with Crippen molar-refractivity contribution in [3.63, 3.8) is 0 Å². The van der Waals surface area contributed by atoms with Gasteiger partial charge in [0.1, 0.15) is 18.1 Å². The van der Waals surface area contributed by atoms with Crippen molar-refractivity contribution in [2.45, 2.75) is 38.7 Å². The minimum atomic E-state index is -0.132. The highest BCUT2D eigenvalue weighted by Gasteiger charge is 2.23. The molecule has 1 aliphatic rings. The van der Waals surface area contributed by atoms with E-state index in [0.717, 1.165) is 42.7 Å². The smallest absolute Gasteiger partial charge is 0.225 e. The Balaban J connectivity index is 1.37. The molecule has 2 aromatic carbocycles. The molecule has 0 amide bonds. The van der Waals surface area contributed by atoms with Gasteiger partial charge in [-0.1, -0.05) is 38.1 Å². The Labute approximate surface area is 190 Å². The number of aromatic nitrogens is 2. The van der Waals surface area contributed by atoms with E-state index in [2.05, 4.69) is 53.0 Å². The number of nitrogens with two attached hydrogens (primary N) is 1. The van der Waals surface area contributed by atoms with Gasteiger partial charge in [0.05, 0.1) is 12.3 Å². The van der Waals surface area contributed by atoms with Gasteiger partial charge in [0.2, 0.25) is 5.95 Å². The number of anilines is 1. The van der Waals surface area contributed by atoms with Crippen LogP contribution in [0.4, 0.5) is 5.95 Å². The first kappa shape index (κ1) is 22.1. The van der Waals surface area contributed by atoms with E-state index < -0.39 is 0 Å². The summed E-state index contributed by atoms with van der Waals surface area (Å²) < 4.78 is 11.7. The standard InChI is InChI=1S/C26H32N4O2/c1-26(2,20-5-9-23(10-6-20)31-18-3-14-27)21-7-11-24(12-8-21)32-19-22-13-15-28-25(29-22)30-16-4-17-30/h5-13,15H,3-4,14,16-19,27H2,1-2H3. The van der Waals surface area contributed by atoms with Gasteiger partial charge < -0.3 is 20.1 Å². The predicted molar refractivity (Wildman–Crippen MR) is 127 cm³/mol. The molecule has 3 aromatic rings. The molecule has 6 nitrogen and oxygen atoms in total. The Morgan fingerprint density at radius 1 is 0.906 bits per heavy atom. The number of benzene rings is 2. The lowest BCUT2D eigenvalue weighted by molar-refractivity contribution is 0.301. The second-order valence-corrected chi connectivity index (χ2v) is 8.64. The number of hydrogen-bond donors (Lipinski definition) is 1. The maximum Gasteiger partial charge on any atom is 0.225 e. The molecule has 1 aromatic heterocycles. The van der Waals surface area contributed by atoms with Crippen molar-refractivity contribution in [2.24, 2.45) is 5.73 Å². The summed E-state index contributed by atoms with van der Waals surface area (Å²) in [6.07, 6.45) is 3.87. The Morgan fingerprint density at radius 2 is 1.53 bits per heavy atom. The van der Waals surface area contributed by atoms with E-state index in [1.54, 1.807) is 6.20 Å². The van der Waals surface area contributed by atoms with E-state index in [0.29, 0.717) is 19.8 Å². The third-order valence-corrected chi connectivity index (χ3v) is 6.00.